The molecule has 1 heterocycles. The molecule has 1 aliphatic heterocycles. The van der Waals surface area contributed by atoms with Crippen LogP contribution in [0.25, 0.3) is 0 Å². The van der Waals surface area contributed by atoms with Crippen LogP contribution in [-0.2, 0) is 9.59 Å². The molecule has 0 atom stereocenters. The lowest BCUT2D eigenvalue weighted by atomic mass is 9.62. The van der Waals surface area contributed by atoms with Gasteiger partial charge in [-0.3, -0.25) is 9.59 Å². The molecule has 0 aromatic rings. The van der Waals surface area contributed by atoms with Crippen LogP contribution in [0.5, 0.6) is 0 Å². The van der Waals surface area contributed by atoms with E-state index in [1.54, 1.807) is 11.9 Å². The minimum atomic E-state index is -0.852. The maximum Gasteiger partial charge on any atom is 0.243 e. The summed E-state index contributed by atoms with van der Waals surface area (Å²) in [6.45, 7) is 3.26. The maximum absolute atomic E-state index is 12.3. The van der Waals surface area contributed by atoms with E-state index in [1.165, 1.54) is 4.90 Å². The van der Waals surface area contributed by atoms with Gasteiger partial charge in [-0.1, -0.05) is 6.92 Å². The SMILES string of the molecule is CC1CC(C#N)(C(=O)N2CCN(C)C(=O)C2)C1. The molecule has 2 rings (SSSR count). The first-order chi connectivity index (χ1) is 7.98. The van der Waals surface area contributed by atoms with Crippen LogP contribution in [0.3, 0.4) is 0 Å². The van der Waals surface area contributed by atoms with Gasteiger partial charge < -0.3 is 9.80 Å². The van der Waals surface area contributed by atoms with Gasteiger partial charge in [-0.25, -0.2) is 0 Å². The van der Waals surface area contributed by atoms with Gasteiger partial charge in [0.2, 0.25) is 11.8 Å². The van der Waals surface area contributed by atoms with E-state index in [0.717, 1.165) is 0 Å². The maximum atomic E-state index is 12.3. The highest BCUT2D eigenvalue weighted by Gasteiger charge is 2.51. The molecule has 17 heavy (non-hydrogen) atoms. The minimum Gasteiger partial charge on any atom is -0.342 e. The van der Waals surface area contributed by atoms with Crippen LogP contribution < -0.4 is 0 Å². The third-order valence-corrected chi connectivity index (χ3v) is 3.76. The van der Waals surface area contributed by atoms with Crippen molar-refractivity contribution in [2.24, 2.45) is 11.3 Å². The molecule has 92 valence electrons. The lowest BCUT2D eigenvalue weighted by Crippen LogP contribution is -2.57. The van der Waals surface area contributed by atoms with Crippen molar-refractivity contribution in [2.75, 3.05) is 26.7 Å². The zero-order chi connectivity index (χ0) is 12.6. The van der Waals surface area contributed by atoms with Crippen LogP contribution in [0.2, 0.25) is 0 Å². The normalized spacial score (nSPS) is 33.0. The topological polar surface area (TPSA) is 64.4 Å². The Labute approximate surface area is 101 Å². The van der Waals surface area contributed by atoms with Crippen molar-refractivity contribution < 1.29 is 9.59 Å². The van der Waals surface area contributed by atoms with Gasteiger partial charge in [-0.2, -0.15) is 5.26 Å². The van der Waals surface area contributed by atoms with Gasteiger partial charge in [-0.15, -0.1) is 0 Å². The summed E-state index contributed by atoms with van der Waals surface area (Å²) in [4.78, 5) is 27.0. The second kappa shape index (κ2) is 4.02. The predicted octanol–water partition coefficient (Wildman–Crippen LogP) is 0.227. The molecule has 2 aliphatic rings. The number of amides is 2. The van der Waals surface area contributed by atoms with Crippen molar-refractivity contribution in [1.82, 2.24) is 9.80 Å². The predicted molar refractivity (Wildman–Crippen MR) is 60.7 cm³/mol. The number of rotatable bonds is 1. The van der Waals surface area contributed by atoms with Crippen LogP contribution >= 0.6 is 0 Å². The first-order valence-electron chi connectivity index (χ1n) is 5.93. The number of carbonyl (C=O) groups excluding carboxylic acids is 2. The van der Waals surface area contributed by atoms with E-state index < -0.39 is 5.41 Å². The van der Waals surface area contributed by atoms with Gasteiger partial charge >= 0.3 is 0 Å². The van der Waals surface area contributed by atoms with Gasteiger partial charge in [0, 0.05) is 20.1 Å². The Morgan fingerprint density at radius 3 is 2.59 bits per heavy atom. The molecule has 0 aromatic carbocycles. The largest absolute Gasteiger partial charge is 0.342 e. The summed E-state index contributed by atoms with van der Waals surface area (Å²) < 4.78 is 0. The van der Waals surface area contributed by atoms with Crippen LogP contribution in [0.15, 0.2) is 0 Å². The Kier molecular flexibility index (Phi) is 2.82. The Morgan fingerprint density at radius 2 is 2.12 bits per heavy atom. The number of carbonyl (C=O) groups is 2. The first-order valence-corrected chi connectivity index (χ1v) is 5.93. The van der Waals surface area contributed by atoms with Gasteiger partial charge in [0.25, 0.3) is 0 Å². The Balaban J connectivity index is 2.06. The number of hydrogen-bond acceptors (Lipinski definition) is 3. The fraction of sp³-hybridized carbons (Fsp3) is 0.750. The Bertz CT molecular complexity index is 393. The quantitative estimate of drug-likeness (QED) is 0.653. The van der Waals surface area contributed by atoms with Crippen molar-refractivity contribution in [3.63, 3.8) is 0 Å². The number of nitrogens with zero attached hydrogens (tertiary/aromatic N) is 3. The Morgan fingerprint density at radius 1 is 1.47 bits per heavy atom. The summed E-state index contributed by atoms with van der Waals surface area (Å²) in [6.07, 6.45) is 1.26. The minimum absolute atomic E-state index is 0.0509. The van der Waals surface area contributed by atoms with Crippen LogP contribution in [0.1, 0.15) is 19.8 Å². The second-order valence-electron chi connectivity index (χ2n) is 5.25. The molecule has 1 saturated carbocycles. The van der Waals surface area contributed by atoms with Crippen molar-refractivity contribution in [3.05, 3.63) is 0 Å². The van der Waals surface area contributed by atoms with Crippen molar-refractivity contribution in [3.8, 4) is 6.07 Å². The monoisotopic (exact) mass is 235 g/mol. The summed E-state index contributed by atoms with van der Waals surface area (Å²) in [7, 11) is 1.73. The van der Waals surface area contributed by atoms with Crippen molar-refractivity contribution in [2.45, 2.75) is 19.8 Å². The highest BCUT2D eigenvalue weighted by molar-refractivity contribution is 5.91. The molecule has 5 nitrogen and oxygen atoms in total. The van der Waals surface area contributed by atoms with Gasteiger partial charge in [0.05, 0.1) is 12.6 Å². The average molecular weight is 235 g/mol. The molecule has 0 spiro atoms. The molecule has 0 radical (unpaired) electrons. The summed E-state index contributed by atoms with van der Waals surface area (Å²) >= 11 is 0. The molecule has 2 amide bonds. The van der Waals surface area contributed by atoms with E-state index in [1.807, 2.05) is 6.92 Å². The summed E-state index contributed by atoms with van der Waals surface area (Å²) in [6, 6.07) is 2.15. The first kappa shape index (κ1) is 11.9. The molecule has 5 heteroatoms. The second-order valence-corrected chi connectivity index (χ2v) is 5.25. The zero-order valence-electron chi connectivity index (χ0n) is 10.3. The fourth-order valence-electron chi connectivity index (χ4n) is 2.68. The molecule has 0 bridgehead atoms. The third kappa shape index (κ3) is 1.88. The lowest BCUT2D eigenvalue weighted by Gasteiger charge is -2.43. The molecule has 0 N–H and O–H groups in total. The standard InChI is InChI=1S/C12H17N3O2/c1-9-5-12(6-9,8-13)11(17)15-4-3-14(2)10(16)7-15/h9H,3-7H2,1-2H3. The van der Waals surface area contributed by atoms with Crippen LogP contribution in [-0.4, -0.2) is 48.3 Å². The van der Waals surface area contributed by atoms with E-state index in [-0.39, 0.29) is 18.4 Å². The van der Waals surface area contributed by atoms with Crippen molar-refractivity contribution >= 4 is 11.8 Å². The summed E-state index contributed by atoms with van der Waals surface area (Å²) in [5, 5.41) is 9.18. The van der Waals surface area contributed by atoms with Crippen LogP contribution in [0.4, 0.5) is 0 Å². The smallest absolute Gasteiger partial charge is 0.243 e. The van der Waals surface area contributed by atoms with E-state index in [9.17, 15) is 14.9 Å². The van der Waals surface area contributed by atoms with E-state index in [2.05, 4.69) is 6.07 Å². The number of likely N-dealkylation sites (N-methyl/N-ethyl adjacent to an activating group) is 1. The molecule has 0 aromatic heterocycles. The highest BCUT2D eigenvalue weighted by Crippen LogP contribution is 2.46. The van der Waals surface area contributed by atoms with E-state index >= 15 is 0 Å². The molecule has 1 saturated heterocycles. The molecule has 1 aliphatic carbocycles. The summed E-state index contributed by atoms with van der Waals surface area (Å²) in [5.41, 5.74) is -0.852. The third-order valence-electron chi connectivity index (χ3n) is 3.76. The zero-order valence-corrected chi connectivity index (χ0v) is 10.3. The molecular weight excluding hydrogens is 218 g/mol. The fourth-order valence-corrected chi connectivity index (χ4v) is 2.68. The molecular formula is C12H17N3O2. The van der Waals surface area contributed by atoms with Crippen LogP contribution in [0, 0.1) is 22.7 Å². The lowest BCUT2D eigenvalue weighted by molar-refractivity contribution is -0.153. The average Bonchev–Trinajstić information content (AvgIpc) is 2.27. The van der Waals surface area contributed by atoms with Crippen molar-refractivity contribution in [1.29, 1.82) is 5.26 Å². The van der Waals surface area contributed by atoms with E-state index in [4.69, 9.17) is 0 Å². The van der Waals surface area contributed by atoms with Gasteiger partial charge in [0.1, 0.15) is 5.41 Å². The number of piperazine rings is 1. The molecule has 2 fully saturated rings. The Hall–Kier alpha value is -1.57. The van der Waals surface area contributed by atoms with Gasteiger partial charge in [-0.05, 0) is 18.8 Å². The van der Waals surface area contributed by atoms with E-state index in [0.29, 0.717) is 31.8 Å². The highest BCUT2D eigenvalue weighted by atomic mass is 16.2. The number of nitriles is 1. The number of hydrogen-bond donors (Lipinski definition) is 0. The summed E-state index contributed by atoms with van der Waals surface area (Å²) in [5.74, 6) is 0.228. The molecule has 0 unspecified atom stereocenters. The van der Waals surface area contributed by atoms with Gasteiger partial charge in [0.15, 0.2) is 0 Å².